The molecule has 3 rings (SSSR count). The molecule has 2 N–H and O–H groups in total. The van der Waals surface area contributed by atoms with Crippen molar-refractivity contribution in [2.24, 2.45) is 0 Å². The van der Waals surface area contributed by atoms with Crippen molar-refractivity contribution in [1.82, 2.24) is 9.97 Å². The molecular weight excluding hydrogens is 228 g/mol. The largest absolute Gasteiger partial charge is 0.337 e. The van der Waals surface area contributed by atoms with E-state index in [1.54, 1.807) is 0 Å². The maximum atomic E-state index is 5.10. The molecule has 0 radical (unpaired) electrons. The van der Waals surface area contributed by atoms with Gasteiger partial charge in [0.2, 0.25) is 0 Å². The third kappa shape index (κ3) is 1.75. The number of aromatic nitrogens is 2. The van der Waals surface area contributed by atoms with E-state index in [4.69, 9.17) is 12.2 Å². The van der Waals surface area contributed by atoms with E-state index >= 15 is 0 Å². The van der Waals surface area contributed by atoms with Gasteiger partial charge in [-0.05, 0) is 61.2 Å². The van der Waals surface area contributed by atoms with Crippen molar-refractivity contribution in [2.75, 3.05) is 0 Å². The third-order valence-electron chi connectivity index (χ3n) is 3.86. The maximum Gasteiger partial charge on any atom is 0.174 e. The molecular formula is C14H16N2S. The molecule has 0 saturated heterocycles. The number of rotatable bonds is 1. The Morgan fingerprint density at radius 3 is 2.18 bits per heavy atom. The minimum Gasteiger partial charge on any atom is -0.337 e. The van der Waals surface area contributed by atoms with E-state index < -0.39 is 0 Å². The van der Waals surface area contributed by atoms with Crippen molar-refractivity contribution in [3.63, 3.8) is 0 Å². The van der Waals surface area contributed by atoms with Gasteiger partial charge in [-0.1, -0.05) is 12.1 Å². The smallest absolute Gasteiger partial charge is 0.174 e. The van der Waals surface area contributed by atoms with Crippen LogP contribution in [-0.4, -0.2) is 9.97 Å². The number of hydrogen-bond acceptors (Lipinski definition) is 1. The van der Waals surface area contributed by atoms with Crippen LogP contribution in [0.1, 0.15) is 33.9 Å². The summed E-state index contributed by atoms with van der Waals surface area (Å²) in [5.41, 5.74) is 7.15. The minimum absolute atomic E-state index is 0.553. The first-order chi connectivity index (χ1) is 8.15. The van der Waals surface area contributed by atoms with Crippen molar-refractivity contribution in [3.8, 4) is 0 Å². The second kappa shape index (κ2) is 3.84. The lowest BCUT2D eigenvalue weighted by atomic mass is 10.0. The number of imidazole rings is 1. The summed E-state index contributed by atoms with van der Waals surface area (Å²) in [5.74, 6) is 0.553. The lowest BCUT2D eigenvalue weighted by Gasteiger charge is -2.05. The molecule has 17 heavy (non-hydrogen) atoms. The van der Waals surface area contributed by atoms with Gasteiger partial charge in [-0.25, -0.2) is 0 Å². The second-order valence-electron chi connectivity index (χ2n) is 4.96. The summed E-state index contributed by atoms with van der Waals surface area (Å²) in [6.45, 7) is 4.42. The predicted molar refractivity (Wildman–Crippen MR) is 72.0 cm³/mol. The molecule has 0 aliphatic heterocycles. The lowest BCUT2D eigenvalue weighted by Crippen LogP contribution is -1.98. The van der Waals surface area contributed by atoms with Crippen molar-refractivity contribution in [1.29, 1.82) is 0 Å². The van der Waals surface area contributed by atoms with Crippen molar-refractivity contribution >= 4 is 12.2 Å². The molecule has 0 bridgehead atoms. The molecule has 0 saturated carbocycles. The van der Waals surface area contributed by atoms with Gasteiger partial charge in [0.25, 0.3) is 0 Å². The summed E-state index contributed by atoms with van der Waals surface area (Å²) in [6.07, 6.45) is 4.28. The normalized spacial score (nSPS) is 15.2. The van der Waals surface area contributed by atoms with Crippen LogP contribution in [0.25, 0.3) is 0 Å². The molecule has 2 aromatic rings. The fraction of sp³-hybridized carbons (Fsp3) is 0.357. The predicted octanol–water partition coefficient (Wildman–Crippen LogP) is 3.57. The van der Waals surface area contributed by atoms with Crippen LogP contribution in [0, 0.1) is 18.6 Å². The van der Waals surface area contributed by atoms with E-state index in [0.29, 0.717) is 5.92 Å². The number of hydrogen-bond donors (Lipinski definition) is 2. The highest BCUT2D eigenvalue weighted by Crippen LogP contribution is 2.36. The minimum atomic E-state index is 0.553. The summed E-state index contributed by atoms with van der Waals surface area (Å²) in [7, 11) is 0. The van der Waals surface area contributed by atoms with E-state index in [9.17, 15) is 0 Å². The highest BCUT2D eigenvalue weighted by molar-refractivity contribution is 7.71. The summed E-state index contributed by atoms with van der Waals surface area (Å²) in [4.78, 5) is 6.31. The SMILES string of the molecule is Cc1ccc(C)c2c1CC(c1c[nH]c(=S)[nH]1)C2. The summed E-state index contributed by atoms with van der Waals surface area (Å²) in [6, 6.07) is 4.46. The molecule has 1 aromatic heterocycles. The first kappa shape index (κ1) is 10.8. The van der Waals surface area contributed by atoms with E-state index in [1.807, 2.05) is 6.20 Å². The fourth-order valence-corrected chi connectivity index (χ4v) is 3.02. The van der Waals surface area contributed by atoms with Gasteiger partial charge in [-0.15, -0.1) is 0 Å². The second-order valence-corrected chi connectivity index (χ2v) is 5.37. The molecule has 1 aliphatic rings. The highest BCUT2D eigenvalue weighted by Gasteiger charge is 2.26. The van der Waals surface area contributed by atoms with Crippen LogP contribution in [0.15, 0.2) is 18.3 Å². The number of benzene rings is 1. The van der Waals surface area contributed by atoms with Crippen LogP contribution in [0.5, 0.6) is 0 Å². The van der Waals surface area contributed by atoms with E-state index in [2.05, 4.69) is 35.9 Å². The molecule has 0 spiro atoms. The van der Waals surface area contributed by atoms with Crippen LogP contribution >= 0.6 is 12.2 Å². The van der Waals surface area contributed by atoms with E-state index in [0.717, 1.165) is 17.6 Å². The summed E-state index contributed by atoms with van der Waals surface area (Å²) in [5, 5.41) is 0. The molecule has 0 amide bonds. The molecule has 0 unspecified atom stereocenters. The van der Waals surface area contributed by atoms with Gasteiger partial charge in [0.05, 0.1) is 0 Å². The van der Waals surface area contributed by atoms with Gasteiger partial charge in [-0.3, -0.25) is 0 Å². The standard InChI is InChI=1S/C14H16N2S/c1-8-3-4-9(2)12-6-10(5-11(8)12)13-7-15-14(17)16-13/h3-4,7,10H,5-6H2,1-2H3,(H2,15,16,17). The number of nitrogens with one attached hydrogen (secondary N) is 2. The molecule has 88 valence electrons. The molecule has 1 aromatic carbocycles. The van der Waals surface area contributed by atoms with Crippen LogP contribution in [0.2, 0.25) is 0 Å². The van der Waals surface area contributed by atoms with Crippen LogP contribution < -0.4 is 0 Å². The zero-order valence-electron chi connectivity index (χ0n) is 10.1. The maximum absolute atomic E-state index is 5.10. The molecule has 2 nitrogen and oxygen atoms in total. The Balaban J connectivity index is 2.00. The lowest BCUT2D eigenvalue weighted by molar-refractivity contribution is 0.717. The third-order valence-corrected chi connectivity index (χ3v) is 4.08. The first-order valence-corrected chi connectivity index (χ1v) is 6.41. The van der Waals surface area contributed by atoms with Gasteiger partial charge < -0.3 is 9.97 Å². The zero-order valence-corrected chi connectivity index (χ0v) is 10.9. The monoisotopic (exact) mass is 244 g/mol. The van der Waals surface area contributed by atoms with Crippen LogP contribution in [-0.2, 0) is 12.8 Å². The fourth-order valence-electron chi connectivity index (χ4n) is 2.85. The van der Waals surface area contributed by atoms with Crippen molar-refractivity contribution in [3.05, 3.63) is 51.0 Å². The van der Waals surface area contributed by atoms with Crippen molar-refractivity contribution < 1.29 is 0 Å². The number of fused-ring (bicyclic) bond motifs is 1. The Morgan fingerprint density at radius 1 is 1.12 bits per heavy atom. The topological polar surface area (TPSA) is 31.6 Å². The number of aryl methyl sites for hydroxylation is 2. The van der Waals surface area contributed by atoms with Gasteiger partial charge in [0.1, 0.15) is 0 Å². The van der Waals surface area contributed by atoms with Gasteiger partial charge in [0, 0.05) is 17.8 Å². The summed E-state index contributed by atoms with van der Waals surface area (Å²) < 4.78 is 0.726. The highest BCUT2D eigenvalue weighted by atomic mass is 32.1. The average Bonchev–Trinajstić information content (AvgIpc) is 2.90. The van der Waals surface area contributed by atoms with Crippen molar-refractivity contribution in [2.45, 2.75) is 32.6 Å². The van der Waals surface area contributed by atoms with Crippen LogP contribution in [0.3, 0.4) is 0 Å². The van der Waals surface area contributed by atoms with Gasteiger partial charge in [0.15, 0.2) is 4.77 Å². The van der Waals surface area contributed by atoms with Gasteiger partial charge in [-0.2, -0.15) is 0 Å². The van der Waals surface area contributed by atoms with Gasteiger partial charge >= 0.3 is 0 Å². The van der Waals surface area contributed by atoms with E-state index in [1.165, 1.54) is 27.9 Å². The average molecular weight is 244 g/mol. The Hall–Kier alpha value is -1.35. The molecule has 1 heterocycles. The van der Waals surface area contributed by atoms with E-state index in [-0.39, 0.29) is 0 Å². The zero-order chi connectivity index (χ0) is 12.0. The van der Waals surface area contributed by atoms with Crippen LogP contribution in [0.4, 0.5) is 0 Å². The molecule has 0 atom stereocenters. The quantitative estimate of drug-likeness (QED) is 0.738. The summed E-state index contributed by atoms with van der Waals surface area (Å²) >= 11 is 5.10. The first-order valence-electron chi connectivity index (χ1n) is 6.00. The molecule has 0 fully saturated rings. The Morgan fingerprint density at radius 2 is 1.71 bits per heavy atom. The number of aromatic amines is 2. The Kier molecular flexibility index (Phi) is 2.44. The molecule has 1 aliphatic carbocycles. The number of H-pyrrole nitrogens is 2. The molecule has 3 heteroatoms. The Bertz CT molecular complexity index is 590. The Labute approximate surface area is 106 Å².